The molecule has 0 radical (unpaired) electrons. The van der Waals surface area contributed by atoms with Gasteiger partial charge in [0.2, 0.25) is 11.8 Å². The number of hydrogen-bond donors (Lipinski definition) is 2. The number of methoxy groups -OCH3 is 1. The van der Waals surface area contributed by atoms with Gasteiger partial charge in [-0.3, -0.25) is 9.59 Å². The number of nitrogens with one attached hydrogen (secondary N) is 2. The molecule has 2 aromatic carbocycles. The Morgan fingerprint density at radius 1 is 1.04 bits per heavy atom. The summed E-state index contributed by atoms with van der Waals surface area (Å²) < 4.78 is 18.1. The van der Waals surface area contributed by atoms with Gasteiger partial charge >= 0.3 is 0 Å². The first-order valence-electron chi connectivity index (χ1n) is 8.97. The van der Waals surface area contributed by atoms with Crippen LogP contribution in [0, 0.1) is 11.2 Å². The van der Waals surface area contributed by atoms with Gasteiger partial charge < -0.3 is 15.4 Å². The maximum Gasteiger partial charge on any atom is 0.235 e. The minimum atomic E-state index is -0.964. The lowest BCUT2D eigenvalue weighted by Gasteiger charge is -2.15. The highest BCUT2D eigenvalue weighted by atomic mass is 19.1. The highest BCUT2D eigenvalue weighted by molar-refractivity contribution is 6.07. The first kappa shape index (κ1) is 18.9. The molecule has 2 amide bonds. The Labute approximate surface area is 157 Å². The fourth-order valence-corrected chi connectivity index (χ4v) is 2.95. The highest BCUT2D eigenvalue weighted by Gasteiger charge is 2.56. The van der Waals surface area contributed by atoms with E-state index in [0.29, 0.717) is 25.8 Å². The molecule has 1 aliphatic rings. The summed E-state index contributed by atoms with van der Waals surface area (Å²) in [6.45, 7) is 0.733. The van der Waals surface area contributed by atoms with E-state index in [1.165, 1.54) is 12.1 Å². The Morgan fingerprint density at radius 3 is 2.41 bits per heavy atom. The van der Waals surface area contributed by atoms with Crippen molar-refractivity contribution in [2.75, 3.05) is 13.7 Å². The van der Waals surface area contributed by atoms with Crippen LogP contribution < -0.4 is 15.4 Å². The number of benzene rings is 2. The van der Waals surface area contributed by atoms with Gasteiger partial charge in [-0.2, -0.15) is 0 Å². The minimum absolute atomic E-state index is 0.234. The van der Waals surface area contributed by atoms with E-state index in [9.17, 15) is 14.0 Å². The van der Waals surface area contributed by atoms with Crippen LogP contribution in [0.25, 0.3) is 0 Å². The van der Waals surface area contributed by atoms with E-state index in [4.69, 9.17) is 4.74 Å². The third-order valence-corrected chi connectivity index (χ3v) is 4.82. The smallest absolute Gasteiger partial charge is 0.235 e. The predicted octanol–water partition coefficient (Wildman–Crippen LogP) is 2.59. The molecule has 1 saturated carbocycles. The van der Waals surface area contributed by atoms with E-state index in [-0.39, 0.29) is 24.2 Å². The Hall–Kier alpha value is -2.89. The van der Waals surface area contributed by atoms with Gasteiger partial charge in [0, 0.05) is 13.1 Å². The molecule has 1 fully saturated rings. The lowest BCUT2D eigenvalue weighted by atomic mass is 10.0. The van der Waals surface area contributed by atoms with Crippen LogP contribution in [0.3, 0.4) is 0 Å². The molecule has 0 aromatic heterocycles. The fourth-order valence-electron chi connectivity index (χ4n) is 2.95. The van der Waals surface area contributed by atoms with Crippen LogP contribution >= 0.6 is 0 Å². The monoisotopic (exact) mass is 370 g/mol. The number of ether oxygens (including phenoxy) is 1. The second kappa shape index (κ2) is 8.20. The summed E-state index contributed by atoms with van der Waals surface area (Å²) >= 11 is 0. The lowest BCUT2D eigenvalue weighted by Crippen LogP contribution is -2.43. The SMILES string of the molecule is COc1cccc(CCNC(=O)C2(C(=O)NCc3ccc(F)cc3)CC2)c1. The quantitative estimate of drug-likeness (QED) is 0.702. The number of carbonyl (C=O) groups is 2. The van der Waals surface area contributed by atoms with Crippen molar-refractivity contribution in [3.05, 3.63) is 65.5 Å². The van der Waals surface area contributed by atoms with Crippen LogP contribution in [0.5, 0.6) is 5.75 Å². The number of hydrogen-bond acceptors (Lipinski definition) is 3. The Balaban J connectivity index is 1.48. The molecule has 3 rings (SSSR count). The molecular weight excluding hydrogens is 347 g/mol. The van der Waals surface area contributed by atoms with Gasteiger partial charge in [0.1, 0.15) is 17.0 Å². The molecule has 2 N–H and O–H groups in total. The normalized spacial score (nSPS) is 14.3. The number of halogens is 1. The van der Waals surface area contributed by atoms with E-state index in [1.807, 2.05) is 24.3 Å². The zero-order valence-corrected chi connectivity index (χ0v) is 15.3. The highest BCUT2D eigenvalue weighted by Crippen LogP contribution is 2.46. The van der Waals surface area contributed by atoms with E-state index in [1.54, 1.807) is 19.2 Å². The van der Waals surface area contributed by atoms with Crippen molar-refractivity contribution in [1.82, 2.24) is 10.6 Å². The van der Waals surface area contributed by atoms with Crippen molar-refractivity contribution in [2.24, 2.45) is 5.41 Å². The third kappa shape index (κ3) is 4.64. The first-order chi connectivity index (χ1) is 13.0. The maximum absolute atomic E-state index is 12.9. The van der Waals surface area contributed by atoms with Gasteiger partial charge in [-0.1, -0.05) is 24.3 Å². The summed E-state index contributed by atoms with van der Waals surface area (Å²) in [6, 6.07) is 13.6. The number of carbonyl (C=O) groups excluding carboxylic acids is 2. The number of rotatable bonds is 8. The van der Waals surface area contributed by atoms with Crippen LogP contribution in [0.1, 0.15) is 24.0 Å². The Kier molecular flexibility index (Phi) is 5.74. The molecule has 1 aliphatic carbocycles. The van der Waals surface area contributed by atoms with Crippen LogP contribution in [0.4, 0.5) is 4.39 Å². The number of amides is 2. The Morgan fingerprint density at radius 2 is 1.74 bits per heavy atom. The van der Waals surface area contributed by atoms with Gasteiger partial charge in [-0.05, 0) is 54.7 Å². The molecule has 0 aliphatic heterocycles. The lowest BCUT2D eigenvalue weighted by molar-refractivity contribution is -0.137. The second-order valence-electron chi connectivity index (χ2n) is 6.75. The van der Waals surface area contributed by atoms with Crippen molar-refractivity contribution in [2.45, 2.75) is 25.8 Å². The zero-order chi connectivity index (χ0) is 19.3. The van der Waals surface area contributed by atoms with Crippen molar-refractivity contribution < 1.29 is 18.7 Å². The first-order valence-corrected chi connectivity index (χ1v) is 8.97. The molecule has 5 nitrogen and oxygen atoms in total. The van der Waals surface area contributed by atoms with Gasteiger partial charge in [0.25, 0.3) is 0 Å². The summed E-state index contributed by atoms with van der Waals surface area (Å²) in [5.41, 5.74) is 0.883. The molecule has 0 atom stereocenters. The van der Waals surface area contributed by atoms with Crippen molar-refractivity contribution in [1.29, 1.82) is 0 Å². The molecular formula is C21H23FN2O3. The minimum Gasteiger partial charge on any atom is -0.497 e. The molecule has 0 saturated heterocycles. The van der Waals surface area contributed by atoms with Crippen LogP contribution in [-0.4, -0.2) is 25.5 Å². The summed E-state index contributed by atoms with van der Waals surface area (Å²) in [7, 11) is 1.61. The van der Waals surface area contributed by atoms with E-state index in [0.717, 1.165) is 16.9 Å². The van der Waals surface area contributed by atoms with Crippen LogP contribution in [0.15, 0.2) is 48.5 Å². The van der Waals surface area contributed by atoms with Crippen molar-refractivity contribution >= 4 is 11.8 Å². The van der Waals surface area contributed by atoms with E-state index in [2.05, 4.69) is 10.6 Å². The topological polar surface area (TPSA) is 67.4 Å². The third-order valence-electron chi connectivity index (χ3n) is 4.82. The fraction of sp³-hybridized carbons (Fsp3) is 0.333. The summed E-state index contributed by atoms with van der Waals surface area (Å²) in [5.74, 6) is -0.0514. The van der Waals surface area contributed by atoms with Gasteiger partial charge in [-0.25, -0.2) is 4.39 Å². The summed E-state index contributed by atoms with van der Waals surface area (Å²) in [4.78, 5) is 25.0. The van der Waals surface area contributed by atoms with Crippen LogP contribution in [0.2, 0.25) is 0 Å². The average molecular weight is 370 g/mol. The molecule has 2 aromatic rings. The zero-order valence-electron chi connectivity index (χ0n) is 15.3. The van der Waals surface area contributed by atoms with E-state index >= 15 is 0 Å². The van der Waals surface area contributed by atoms with Crippen molar-refractivity contribution in [3.63, 3.8) is 0 Å². The Bertz CT molecular complexity index is 816. The van der Waals surface area contributed by atoms with Gasteiger partial charge in [0.15, 0.2) is 0 Å². The summed E-state index contributed by atoms with van der Waals surface area (Å²) in [6.07, 6.45) is 1.76. The predicted molar refractivity (Wildman–Crippen MR) is 99.6 cm³/mol. The van der Waals surface area contributed by atoms with Gasteiger partial charge in [-0.15, -0.1) is 0 Å². The molecule has 0 spiro atoms. The maximum atomic E-state index is 12.9. The molecule has 27 heavy (non-hydrogen) atoms. The second-order valence-corrected chi connectivity index (χ2v) is 6.75. The largest absolute Gasteiger partial charge is 0.497 e. The van der Waals surface area contributed by atoms with Crippen LogP contribution in [-0.2, 0) is 22.6 Å². The molecule has 142 valence electrons. The molecule has 6 heteroatoms. The van der Waals surface area contributed by atoms with Crippen molar-refractivity contribution in [3.8, 4) is 5.75 Å². The molecule has 0 unspecified atom stereocenters. The summed E-state index contributed by atoms with van der Waals surface area (Å²) in [5, 5.41) is 5.65. The average Bonchev–Trinajstić information content (AvgIpc) is 3.49. The van der Waals surface area contributed by atoms with Gasteiger partial charge in [0.05, 0.1) is 7.11 Å². The molecule has 0 bridgehead atoms. The van der Waals surface area contributed by atoms with E-state index < -0.39 is 5.41 Å². The standard InChI is InChI=1S/C21H23FN2O3/c1-27-18-4-2-3-15(13-18)9-12-23-19(25)21(10-11-21)20(26)24-14-16-5-7-17(22)8-6-16/h2-8,13H,9-12,14H2,1H3,(H,23,25)(H,24,26). The molecule has 0 heterocycles.